The summed E-state index contributed by atoms with van der Waals surface area (Å²) in [6.45, 7) is -3.47. The molecule has 0 aliphatic heterocycles. The predicted octanol–water partition coefficient (Wildman–Crippen LogP) is 3.71. The molecule has 0 radical (unpaired) electrons. The summed E-state index contributed by atoms with van der Waals surface area (Å²) in [7, 11) is 2.82. The summed E-state index contributed by atoms with van der Waals surface area (Å²) >= 11 is 0. The lowest BCUT2D eigenvalue weighted by atomic mass is 10.2. The second-order valence-electron chi connectivity index (χ2n) is 5.54. The first-order chi connectivity index (χ1) is 14.0. The molecule has 0 unspecified atom stereocenters. The highest BCUT2D eigenvalue weighted by atomic mass is 19.3. The first kappa shape index (κ1) is 20.1. The number of methoxy groups -OCH3 is 2. The maximum absolute atomic E-state index is 12.7. The van der Waals surface area contributed by atoms with Crippen LogP contribution < -0.4 is 14.2 Å². The molecule has 0 saturated carbocycles. The second-order valence-corrected chi connectivity index (χ2v) is 5.54. The highest BCUT2D eigenvalue weighted by Gasteiger charge is 2.22. The Hall–Kier alpha value is -3.69. The molecule has 0 fully saturated rings. The smallest absolute Gasteiger partial charge is 0.387 e. The van der Waals surface area contributed by atoms with Crippen molar-refractivity contribution in [3.63, 3.8) is 0 Å². The third-order valence-electron chi connectivity index (χ3n) is 3.76. The van der Waals surface area contributed by atoms with E-state index < -0.39 is 18.3 Å². The number of hydrogen-bond acceptors (Lipinski definition) is 8. The molecule has 0 aliphatic rings. The van der Waals surface area contributed by atoms with E-state index in [0.717, 1.165) is 0 Å². The van der Waals surface area contributed by atoms with E-state index in [9.17, 15) is 13.6 Å². The summed E-state index contributed by atoms with van der Waals surface area (Å²) < 4.78 is 50.0. The molecule has 0 spiro atoms. The monoisotopic (exact) mass is 406 g/mol. The fourth-order valence-electron chi connectivity index (χ4n) is 2.42. The highest BCUT2D eigenvalue weighted by Crippen LogP contribution is 2.33. The zero-order valence-electron chi connectivity index (χ0n) is 15.4. The van der Waals surface area contributed by atoms with E-state index in [-0.39, 0.29) is 29.6 Å². The van der Waals surface area contributed by atoms with Crippen LogP contribution in [0.2, 0.25) is 0 Å². The molecule has 10 heteroatoms. The second kappa shape index (κ2) is 9.00. The lowest BCUT2D eigenvalue weighted by Gasteiger charge is -2.13. The number of benzene rings is 2. The summed E-state index contributed by atoms with van der Waals surface area (Å²) in [6, 6.07) is 11.0. The lowest BCUT2D eigenvalue weighted by molar-refractivity contribution is -0.0518. The van der Waals surface area contributed by atoms with Gasteiger partial charge in [-0.3, -0.25) is 0 Å². The van der Waals surface area contributed by atoms with Crippen LogP contribution in [-0.4, -0.2) is 36.9 Å². The number of para-hydroxylation sites is 1. The third kappa shape index (κ3) is 4.78. The topological polar surface area (TPSA) is 92.9 Å². The molecule has 0 N–H and O–H groups in total. The summed E-state index contributed by atoms with van der Waals surface area (Å²) in [5.74, 6) is -0.355. The molecule has 152 valence electrons. The Kier molecular flexibility index (Phi) is 6.22. The minimum atomic E-state index is -3.14. The van der Waals surface area contributed by atoms with E-state index in [1.165, 1.54) is 25.3 Å². The number of alkyl halides is 2. The van der Waals surface area contributed by atoms with Crippen molar-refractivity contribution in [1.82, 2.24) is 10.1 Å². The van der Waals surface area contributed by atoms with Crippen molar-refractivity contribution in [2.45, 2.75) is 13.2 Å². The van der Waals surface area contributed by atoms with Crippen molar-refractivity contribution in [2.24, 2.45) is 0 Å². The number of carbonyl (C=O) groups is 1. The Labute approximate surface area is 164 Å². The van der Waals surface area contributed by atoms with Crippen LogP contribution in [0.3, 0.4) is 0 Å². The Morgan fingerprint density at radius 1 is 1.10 bits per heavy atom. The van der Waals surface area contributed by atoms with Gasteiger partial charge in [0.05, 0.1) is 14.2 Å². The molecule has 0 bridgehead atoms. The van der Waals surface area contributed by atoms with E-state index in [2.05, 4.69) is 14.9 Å². The number of hydrogen-bond donors (Lipinski definition) is 0. The van der Waals surface area contributed by atoms with E-state index in [0.29, 0.717) is 11.3 Å². The standard InChI is InChI=1S/C19H16F2N2O6/c1-25-12-8-6-11(7-9-12)17-22-15(23-29-17)10-27-18(24)13-4-3-5-14(26-2)16(13)28-19(20)21/h3-9,19H,10H2,1-2H3. The quantitative estimate of drug-likeness (QED) is 0.523. The molecule has 0 amide bonds. The van der Waals surface area contributed by atoms with Crippen LogP contribution in [0.4, 0.5) is 8.78 Å². The van der Waals surface area contributed by atoms with Gasteiger partial charge in [0.25, 0.3) is 5.89 Å². The molecule has 1 aromatic heterocycles. The van der Waals surface area contributed by atoms with Crippen molar-refractivity contribution < 1.29 is 37.0 Å². The van der Waals surface area contributed by atoms with Gasteiger partial charge in [0.15, 0.2) is 18.1 Å². The molecule has 0 aliphatic carbocycles. The van der Waals surface area contributed by atoms with Crippen molar-refractivity contribution in [3.8, 4) is 28.7 Å². The van der Waals surface area contributed by atoms with Gasteiger partial charge in [-0.15, -0.1) is 0 Å². The number of rotatable bonds is 8. The third-order valence-corrected chi connectivity index (χ3v) is 3.76. The number of ether oxygens (including phenoxy) is 4. The van der Waals surface area contributed by atoms with Crippen LogP contribution in [0.25, 0.3) is 11.5 Å². The molecule has 3 aromatic rings. The van der Waals surface area contributed by atoms with E-state index in [1.54, 1.807) is 31.4 Å². The minimum Gasteiger partial charge on any atom is -0.497 e. The maximum Gasteiger partial charge on any atom is 0.387 e. The fraction of sp³-hybridized carbons (Fsp3) is 0.211. The van der Waals surface area contributed by atoms with Crippen LogP contribution in [0, 0.1) is 0 Å². The van der Waals surface area contributed by atoms with Crippen LogP contribution in [0.15, 0.2) is 47.0 Å². The largest absolute Gasteiger partial charge is 0.497 e. The van der Waals surface area contributed by atoms with E-state index in [4.69, 9.17) is 18.7 Å². The van der Waals surface area contributed by atoms with E-state index in [1.807, 2.05) is 0 Å². The van der Waals surface area contributed by atoms with Gasteiger partial charge in [-0.1, -0.05) is 11.2 Å². The Morgan fingerprint density at radius 3 is 2.52 bits per heavy atom. The first-order valence-corrected chi connectivity index (χ1v) is 8.27. The normalized spacial score (nSPS) is 10.7. The molecule has 29 heavy (non-hydrogen) atoms. The lowest BCUT2D eigenvalue weighted by Crippen LogP contribution is -2.12. The number of halogens is 2. The molecular weight excluding hydrogens is 390 g/mol. The number of nitrogens with zero attached hydrogens (tertiary/aromatic N) is 2. The fourth-order valence-corrected chi connectivity index (χ4v) is 2.42. The summed E-state index contributed by atoms with van der Waals surface area (Å²) in [4.78, 5) is 16.5. The van der Waals surface area contributed by atoms with Gasteiger partial charge < -0.3 is 23.5 Å². The van der Waals surface area contributed by atoms with Crippen molar-refractivity contribution >= 4 is 5.97 Å². The van der Waals surface area contributed by atoms with Crippen molar-refractivity contribution in [3.05, 3.63) is 53.9 Å². The van der Waals surface area contributed by atoms with Gasteiger partial charge in [-0.05, 0) is 36.4 Å². The average Bonchev–Trinajstić information content (AvgIpc) is 3.21. The summed E-state index contributed by atoms with van der Waals surface area (Å²) in [6.07, 6.45) is 0. The molecule has 1 heterocycles. The summed E-state index contributed by atoms with van der Waals surface area (Å²) in [5.41, 5.74) is 0.430. The zero-order valence-corrected chi connectivity index (χ0v) is 15.4. The number of aromatic nitrogens is 2. The Balaban J connectivity index is 1.70. The Morgan fingerprint density at radius 2 is 1.86 bits per heavy atom. The Bertz CT molecular complexity index is 975. The van der Waals surface area contributed by atoms with Crippen LogP contribution in [-0.2, 0) is 11.3 Å². The molecule has 0 atom stereocenters. The van der Waals surface area contributed by atoms with Gasteiger partial charge in [0.1, 0.15) is 11.3 Å². The van der Waals surface area contributed by atoms with Crippen molar-refractivity contribution in [2.75, 3.05) is 14.2 Å². The molecule has 0 saturated heterocycles. The number of esters is 1. The predicted molar refractivity (Wildman–Crippen MR) is 95.0 cm³/mol. The van der Waals surface area contributed by atoms with E-state index >= 15 is 0 Å². The SMILES string of the molecule is COc1ccc(-c2nc(COC(=O)c3cccc(OC)c3OC(F)F)no2)cc1. The van der Waals surface area contributed by atoms with Gasteiger partial charge >= 0.3 is 12.6 Å². The van der Waals surface area contributed by atoms with Crippen LogP contribution >= 0.6 is 0 Å². The molecule has 2 aromatic carbocycles. The average molecular weight is 406 g/mol. The van der Waals surface area contributed by atoms with Crippen LogP contribution in [0.5, 0.6) is 17.2 Å². The van der Waals surface area contributed by atoms with Gasteiger partial charge in [0.2, 0.25) is 5.82 Å². The highest BCUT2D eigenvalue weighted by molar-refractivity contribution is 5.93. The summed E-state index contributed by atoms with van der Waals surface area (Å²) in [5, 5.41) is 3.73. The van der Waals surface area contributed by atoms with Gasteiger partial charge in [-0.2, -0.15) is 13.8 Å². The molecular formula is C19H16F2N2O6. The zero-order chi connectivity index (χ0) is 20.8. The molecule has 8 nitrogen and oxygen atoms in total. The minimum absolute atomic E-state index is 0.0268. The first-order valence-electron chi connectivity index (χ1n) is 8.27. The van der Waals surface area contributed by atoms with Crippen LogP contribution in [0.1, 0.15) is 16.2 Å². The number of carbonyl (C=O) groups excluding carboxylic acids is 1. The van der Waals surface area contributed by atoms with Gasteiger partial charge in [0, 0.05) is 5.56 Å². The van der Waals surface area contributed by atoms with Gasteiger partial charge in [-0.25, -0.2) is 4.79 Å². The maximum atomic E-state index is 12.7. The van der Waals surface area contributed by atoms with Crippen molar-refractivity contribution in [1.29, 1.82) is 0 Å². The molecule has 3 rings (SSSR count).